The Morgan fingerprint density at radius 3 is 2.48 bits per heavy atom. The lowest BCUT2D eigenvalue weighted by Crippen LogP contribution is -2.40. The van der Waals surface area contributed by atoms with Gasteiger partial charge < -0.3 is 14.2 Å². The van der Waals surface area contributed by atoms with E-state index in [0.717, 1.165) is 11.3 Å². The first kappa shape index (κ1) is 28.4. The Morgan fingerprint density at radius 1 is 1.18 bits per heavy atom. The summed E-state index contributed by atoms with van der Waals surface area (Å²) in [5, 5.41) is 11.0. The lowest BCUT2D eigenvalue weighted by Gasteiger charge is -2.25. The van der Waals surface area contributed by atoms with Gasteiger partial charge in [0.1, 0.15) is 0 Å². The molecule has 0 spiro atoms. The molecule has 1 atom stereocenters. The van der Waals surface area contributed by atoms with Crippen molar-refractivity contribution >= 4 is 35.0 Å². The standard InChI is InChI=1S/C28H27N3O8S/c1-15(2)14-38-27(34)24-16(3)29-28-30(25(24)19-8-11-21(39-17(4)32)22(13-19)37-5)26(33)23(40-28)12-18-6-9-20(10-7-18)31(35)36/h6-13,15,25H,14H2,1-5H3/b23-12+/t25-/m1/s1. The van der Waals surface area contributed by atoms with Crippen molar-refractivity contribution in [2.45, 2.75) is 33.7 Å². The van der Waals surface area contributed by atoms with Gasteiger partial charge in [-0.25, -0.2) is 9.79 Å². The van der Waals surface area contributed by atoms with Crippen LogP contribution in [0.15, 0.2) is 63.5 Å². The number of nitro groups is 1. The number of non-ortho nitro benzene ring substituents is 1. The third kappa shape index (κ3) is 5.86. The Hall–Kier alpha value is -4.58. The Kier molecular flexibility index (Phi) is 8.29. The summed E-state index contributed by atoms with van der Waals surface area (Å²) in [6.45, 7) is 6.96. The molecule has 0 aliphatic carbocycles. The van der Waals surface area contributed by atoms with Gasteiger partial charge in [0, 0.05) is 19.1 Å². The second-order valence-electron chi connectivity index (χ2n) is 9.43. The first-order valence-electron chi connectivity index (χ1n) is 12.3. The largest absolute Gasteiger partial charge is 0.493 e. The van der Waals surface area contributed by atoms with Gasteiger partial charge in [-0.05, 0) is 54.3 Å². The molecule has 1 aliphatic rings. The molecule has 0 unspecified atom stereocenters. The molecular weight excluding hydrogens is 538 g/mol. The number of nitro benzene ring substituents is 1. The highest BCUT2D eigenvalue weighted by atomic mass is 32.1. The highest BCUT2D eigenvalue weighted by Crippen LogP contribution is 2.36. The summed E-state index contributed by atoms with van der Waals surface area (Å²) in [5.74, 6) is -0.611. The van der Waals surface area contributed by atoms with Crippen LogP contribution in [0.25, 0.3) is 6.08 Å². The summed E-state index contributed by atoms with van der Waals surface area (Å²) in [4.78, 5) is 54.1. The van der Waals surface area contributed by atoms with Crippen LogP contribution >= 0.6 is 11.3 Å². The third-order valence-electron chi connectivity index (χ3n) is 5.95. The van der Waals surface area contributed by atoms with Crippen LogP contribution < -0.4 is 24.4 Å². The monoisotopic (exact) mass is 565 g/mol. The number of allylic oxidation sites excluding steroid dienone is 1. The molecule has 3 aromatic rings. The molecule has 4 rings (SSSR count). The van der Waals surface area contributed by atoms with Gasteiger partial charge in [-0.15, -0.1) is 0 Å². The van der Waals surface area contributed by atoms with E-state index in [1.807, 2.05) is 13.8 Å². The van der Waals surface area contributed by atoms with Gasteiger partial charge in [0.05, 0.1) is 40.5 Å². The van der Waals surface area contributed by atoms with Gasteiger partial charge in [0.15, 0.2) is 16.3 Å². The number of fused-ring (bicyclic) bond motifs is 1. The number of thiazole rings is 1. The average Bonchev–Trinajstić information content (AvgIpc) is 3.20. The van der Waals surface area contributed by atoms with E-state index in [9.17, 15) is 24.5 Å². The minimum absolute atomic E-state index is 0.0649. The molecule has 2 heterocycles. The Labute approximate surface area is 232 Å². The number of hydrogen-bond acceptors (Lipinski definition) is 10. The molecule has 0 saturated heterocycles. The first-order chi connectivity index (χ1) is 19.0. The highest BCUT2D eigenvalue weighted by molar-refractivity contribution is 7.07. The molecule has 1 aromatic heterocycles. The summed E-state index contributed by atoms with van der Waals surface area (Å²) in [5.41, 5.74) is 1.22. The van der Waals surface area contributed by atoms with Gasteiger partial charge in [0.25, 0.3) is 11.2 Å². The average molecular weight is 566 g/mol. The van der Waals surface area contributed by atoms with Gasteiger partial charge in [-0.3, -0.25) is 24.3 Å². The molecule has 11 nitrogen and oxygen atoms in total. The van der Waals surface area contributed by atoms with Crippen LogP contribution in [-0.4, -0.2) is 35.1 Å². The third-order valence-corrected chi connectivity index (χ3v) is 6.93. The number of methoxy groups -OCH3 is 1. The summed E-state index contributed by atoms with van der Waals surface area (Å²) in [6, 6.07) is 9.69. The zero-order chi connectivity index (χ0) is 29.1. The lowest BCUT2D eigenvalue weighted by molar-refractivity contribution is -0.384. The van der Waals surface area contributed by atoms with E-state index >= 15 is 0 Å². The zero-order valence-corrected chi connectivity index (χ0v) is 23.3. The van der Waals surface area contributed by atoms with Crippen LogP contribution in [0.3, 0.4) is 0 Å². The molecule has 0 radical (unpaired) electrons. The van der Waals surface area contributed by atoms with Crippen LogP contribution in [0.4, 0.5) is 5.69 Å². The predicted octanol–water partition coefficient (Wildman–Crippen LogP) is 3.28. The van der Waals surface area contributed by atoms with Gasteiger partial charge in [0.2, 0.25) is 0 Å². The fraction of sp³-hybridized carbons (Fsp3) is 0.286. The van der Waals surface area contributed by atoms with E-state index in [0.29, 0.717) is 26.2 Å². The van der Waals surface area contributed by atoms with E-state index in [1.165, 1.54) is 36.8 Å². The maximum atomic E-state index is 13.8. The number of carbonyl (C=O) groups excluding carboxylic acids is 2. The van der Waals surface area contributed by atoms with Crippen LogP contribution in [0, 0.1) is 16.0 Å². The second-order valence-corrected chi connectivity index (χ2v) is 10.4. The summed E-state index contributed by atoms with van der Waals surface area (Å²) in [6.07, 6.45) is 1.62. The molecule has 40 heavy (non-hydrogen) atoms. The topological polar surface area (TPSA) is 139 Å². The summed E-state index contributed by atoms with van der Waals surface area (Å²) in [7, 11) is 1.42. The van der Waals surface area contributed by atoms with Crippen molar-refractivity contribution in [3.05, 3.63) is 94.7 Å². The van der Waals surface area contributed by atoms with Crippen molar-refractivity contribution in [1.29, 1.82) is 0 Å². The Bertz CT molecular complexity index is 1700. The number of aromatic nitrogens is 1. The molecule has 208 valence electrons. The molecule has 0 N–H and O–H groups in total. The van der Waals surface area contributed by atoms with Gasteiger partial charge in [-0.1, -0.05) is 31.3 Å². The van der Waals surface area contributed by atoms with Crippen molar-refractivity contribution in [3.63, 3.8) is 0 Å². The fourth-order valence-electron chi connectivity index (χ4n) is 4.16. The number of nitrogens with zero attached hydrogens (tertiary/aromatic N) is 3. The van der Waals surface area contributed by atoms with Crippen LogP contribution in [0.2, 0.25) is 0 Å². The van der Waals surface area contributed by atoms with Gasteiger partial charge in [-0.2, -0.15) is 0 Å². The summed E-state index contributed by atoms with van der Waals surface area (Å²) >= 11 is 1.13. The van der Waals surface area contributed by atoms with Crippen molar-refractivity contribution in [3.8, 4) is 11.5 Å². The Morgan fingerprint density at radius 2 is 1.88 bits per heavy atom. The lowest BCUT2D eigenvalue weighted by atomic mass is 9.95. The van der Waals surface area contributed by atoms with Crippen LogP contribution in [-0.2, 0) is 14.3 Å². The minimum Gasteiger partial charge on any atom is -0.493 e. The number of benzene rings is 2. The first-order valence-corrected chi connectivity index (χ1v) is 13.1. The van der Waals surface area contributed by atoms with Crippen molar-refractivity contribution in [2.75, 3.05) is 13.7 Å². The van der Waals surface area contributed by atoms with E-state index in [-0.39, 0.29) is 35.3 Å². The van der Waals surface area contributed by atoms with Gasteiger partial charge >= 0.3 is 11.9 Å². The van der Waals surface area contributed by atoms with Crippen molar-refractivity contribution in [1.82, 2.24) is 4.57 Å². The maximum Gasteiger partial charge on any atom is 0.338 e. The maximum absolute atomic E-state index is 13.8. The molecule has 2 aromatic carbocycles. The van der Waals surface area contributed by atoms with E-state index in [4.69, 9.17) is 14.2 Å². The van der Waals surface area contributed by atoms with E-state index in [1.54, 1.807) is 37.3 Å². The molecule has 0 bridgehead atoms. The molecule has 12 heteroatoms. The number of hydrogen-bond donors (Lipinski definition) is 0. The van der Waals surface area contributed by atoms with E-state index in [2.05, 4.69) is 4.99 Å². The SMILES string of the molecule is COc1cc([C@@H]2C(C(=O)OCC(C)C)=C(C)N=c3s/c(=C/c4ccc([N+](=O)[O-])cc4)c(=O)n32)ccc1OC(C)=O. The van der Waals surface area contributed by atoms with Crippen molar-refractivity contribution < 1.29 is 28.7 Å². The quantitative estimate of drug-likeness (QED) is 0.176. The number of esters is 2. The normalized spacial score (nSPS) is 14.9. The summed E-state index contributed by atoms with van der Waals surface area (Å²) < 4.78 is 18.0. The number of ether oxygens (including phenoxy) is 3. The molecular formula is C28H27N3O8S. The van der Waals surface area contributed by atoms with Crippen LogP contribution in [0.5, 0.6) is 11.5 Å². The highest BCUT2D eigenvalue weighted by Gasteiger charge is 2.34. The van der Waals surface area contributed by atoms with Crippen LogP contribution in [0.1, 0.15) is 44.9 Å². The number of carbonyl (C=O) groups is 2. The molecule has 0 fully saturated rings. The van der Waals surface area contributed by atoms with E-state index < -0.39 is 28.5 Å². The minimum atomic E-state index is -0.907. The zero-order valence-electron chi connectivity index (χ0n) is 22.5. The number of rotatable bonds is 8. The molecule has 0 saturated carbocycles. The molecule has 1 aliphatic heterocycles. The smallest absolute Gasteiger partial charge is 0.338 e. The van der Waals surface area contributed by atoms with Crippen molar-refractivity contribution in [2.24, 2.45) is 10.9 Å². The Balaban J connectivity index is 1.90. The molecule has 0 amide bonds. The predicted molar refractivity (Wildman–Crippen MR) is 147 cm³/mol. The fourth-order valence-corrected chi connectivity index (χ4v) is 5.20. The second kappa shape index (κ2) is 11.7.